The molecule has 1 aromatic carbocycles. The minimum absolute atomic E-state index is 0.293. The van der Waals surface area contributed by atoms with Crippen LogP contribution < -0.4 is 4.74 Å². The van der Waals surface area contributed by atoms with Crippen LogP contribution >= 0.6 is 0 Å². The molecule has 5 nitrogen and oxygen atoms in total. The average Bonchev–Trinajstić information content (AvgIpc) is 3.00. The topological polar surface area (TPSA) is 34.2 Å². The maximum Gasteiger partial charge on any atom is 0.118 e. The van der Waals surface area contributed by atoms with Crippen molar-refractivity contribution in [3.05, 3.63) is 29.8 Å². The van der Waals surface area contributed by atoms with Crippen LogP contribution in [0.15, 0.2) is 24.3 Å². The van der Waals surface area contributed by atoms with Crippen molar-refractivity contribution in [2.24, 2.45) is 5.41 Å². The molecule has 0 saturated carbocycles. The van der Waals surface area contributed by atoms with Crippen molar-refractivity contribution in [3.63, 3.8) is 0 Å². The van der Waals surface area contributed by atoms with Crippen molar-refractivity contribution in [1.82, 2.24) is 9.80 Å². The van der Waals surface area contributed by atoms with Gasteiger partial charge in [0.05, 0.1) is 20.3 Å². The van der Waals surface area contributed by atoms with Crippen LogP contribution in [0.2, 0.25) is 0 Å². The van der Waals surface area contributed by atoms with E-state index in [2.05, 4.69) is 34.1 Å². The molecular formula is C21H32N2O3. The van der Waals surface area contributed by atoms with E-state index in [9.17, 15) is 0 Å². The number of benzene rings is 1. The Morgan fingerprint density at radius 1 is 1.04 bits per heavy atom. The maximum absolute atomic E-state index is 6.06. The van der Waals surface area contributed by atoms with Gasteiger partial charge in [-0.15, -0.1) is 0 Å². The van der Waals surface area contributed by atoms with Crippen LogP contribution in [0.3, 0.4) is 0 Å². The Morgan fingerprint density at radius 2 is 1.85 bits per heavy atom. The first-order valence-electron chi connectivity index (χ1n) is 10.0. The lowest BCUT2D eigenvalue weighted by Gasteiger charge is -2.35. The second-order valence-electron chi connectivity index (χ2n) is 8.18. The number of nitrogens with zero attached hydrogens (tertiary/aromatic N) is 2. The van der Waals surface area contributed by atoms with Crippen molar-refractivity contribution >= 4 is 0 Å². The Kier molecular flexibility index (Phi) is 5.79. The molecule has 3 aliphatic heterocycles. The summed E-state index contributed by atoms with van der Waals surface area (Å²) in [5.41, 5.74) is 1.64. The highest BCUT2D eigenvalue weighted by Gasteiger charge is 2.43. The molecule has 0 amide bonds. The Bertz CT molecular complexity index is 573. The zero-order chi connectivity index (χ0) is 17.8. The van der Waals surface area contributed by atoms with Crippen LogP contribution in [0.5, 0.6) is 5.75 Å². The van der Waals surface area contributed by atoms with Gasteiger partial charge in [-0.1, -0.05) is 12.1 Å². The van der Waals surface area contributed by atoms with Gasteiger partial charge in [0.1, 0.15) is 5.75 Å². The lowest BCUT2D eigenvalue weighted by Crippen LogP contribution is -2.43. The van der Waals surface area contributed by atoms with Crippen molar-refractivity contribution < 1.29 is 14.2 Å². The predicted octanol–water partition coefficient (Wildman–Crippen LogP) is 2.40. The van der Waals surface area contributed by atoms with Gasteiger partial charge in [0, 0.05) is 50.8 Å². The number of hydrogen-bond acceptors (Lipinski definition) is 5. The fourth-order valence-corrected chi connectivity index (χ4v) is 4.78. The molecule has 3 heterocycles. The SMILES string of the molecule is COc1ccc(CN2CCOC[C@]3(CCN(C4CCOCC4)C3)C2)cc1. The van der Waals surface area contributed by atoms with Gasteiger partial charge in [0.25, 0.3) is 0 Å². The monoisotopic (exact) mass is 360 g/mol. The molecule has 3 saturated heterocycles. The Morgan fingerprint density at radius 3 is 2.62 bits per heavy atom. The van der Waals surface area contributed by atoms with Gasteiger partial charge in [0.15, 0.2) is 0 Å². The third kappa shape index (κ3) is 4.22. The van der Waals surface area contributed by atoms with E-state index in [4.69, 9.17) is 14.2 Å². The molecule has 26 heavy (non-hydrogen) atoms. The fourth-order valence-electron chi connectivity index (χ4n) is 4.78. The summed E-state index contributed by atoms with van der Waals surface area (Å²) in [5.74, 6) is 0.923. The Labute approximate surface area is 157 Å². The van der Waals surface area contributed by atoms with E-state index in [-0.39, 0.29) is 0 Å². The summed E-state index contributed by atoms with van der Waals surface area (Å²) in [5, 5.41) is 0. The largest absolute Gasteiger partial charge is 0.497 e. The average molecular weight is 360 g/mol. The van der Waals surface area contributed by atoms with Crippen LogP contribution in [0.1, 0.15) is 24.8 Å². The molecule has 0 N–H and O–H groups in total. The van der Waals surface area contributed by atoms with Gasteiger partial charge in [-0.3, -0.25) is 9.80 Å². The van der Waals surface area contributed by atoms with E-state index in [0.29, 0.717) is 11.5 Å². The zero-order valence-electron chi connectivity index (χ0n) is 16.0. The smallest absolute Gasteiger partial charge is 0.118 e. The zero-order valence-corrected chi connectivity index (χ0v) is 16.0. The molecule has 1 atom stereocenters. The van der Waals surface area contributed by atoms with Crippen LogP contribution in [-0.4, -0.2) is 75.6 Å². The molecule has 3 fully saturated rings. The van der Waals surface area contributed by atoms with Crippen LogP contribution in [0.4, 0.5) is 0 Å². The van der Waals surface area contributed by atoms with Gasteiger partial charge >= 0.3 is 0 Å². The molecule has 3 aliphatic rings. The summed E-state index contributed by atoms with van der Waals surface area (Å²) in [6.07, 6.45) is 3.63. The van der Waals surface area contributed by atoms with E-state index in [1.807, 2.05) is 0 Å². The highest BCUT2D eigenvalue weighted by molar-refractivity contribution is 5.27. The molecule has 0 aliphatic carbocycles. The molecule has 4 rings (SSSR count). The van der Waals surface area contributed by atoms with E-state index in [1.165, 1.54) is 37.9 Å². The van der Waals surface area contributed by atoms with E-state index < -0.39 is 0 Å². The first-order valence-corrected chi connectivity index (χ1v) is 10.0. The second kappa shape index (κ2) is 8.26. The van der Waals surface area contributed by atoms with Gasteiger partial charge in [-0.2, -0.15) is 0 Å². The standard InChI is InChI=1S/C21H32N2O3/c1-24-20-4-2-18(3-5-20)14-22-10-13-26-17-21(15-22)8-9-23(16-21)19-6-11-25-12-7-19/h2-5,19H,6-17H2,1H3/t21-/m1/s1. The number of hydrogen-bond donors (Lipinski definition) is 0. The van der Waals surface area contributed by atoms with Gasteiger partial charge in [-0.05, 0) is 43.5 Å². The highest BCUT2D eigenvalue weighted by Crippen LogP contribution is 2.36. The quantitative estimate of drug-likeness (QED) is 0.824. The minimum Gasteiger partial charge on any atom is -0.497 e. The molecule has 0 radical (unpaired) electrons. The lowest BCUT2D eigenvalue weighted by molar-refractivity contribution is 0.0284. The maximum atomic E-state index is 6.06. The second-order valence-corrected chi connectivity index (χ2v) is 8.18. The number of likely N-dealkylation sites (tertiary alicyclic amines) is 1. The third-order valence-corrected chi connectivity index (χ3v) is 6.26. The van der Waals surface area contributed by atoms with Gasteiger partial charge in [0.2, 0.25) is 0 Å². The van der Waals surface area contributed by atoms with Crippen LogP contribution in [-0.2, 0) is 16.0 Å². The van der Waals surface area contributed by atoms with E-state index in [0.717, 1.165) is 51.8 Å². The molecule has 0 bridgehead atoms. The molecule has 0 aromatic heterocycles. The van der Waals surface area contributed by atoms with E-state index in [1.54, 1.807) is 7.11 Å². The van der Waals surface area contributed by atoms with E-state index >= 15 is 0 Å². The molecular weight excluding hydrogens is 328 g/mol. The Hall–Kier alpha value is -1.14. The van der Waals surface area contributed by atoms with Crippen LogP contribution in [0.25, 0.3) is 0 Å². The van der Waals surface area contributed by atoms with Crippen LogP contribution in [0, 0.1) is 5.41 Å². The third-order valence-electron chi connectivity index (χ3n) is 6.26. The molecule has 1 aromatic rings. The first kappa shape index (κ1) is 18.2. The number of methoxy groups -OCH3 is 1. The highest BCUT2D eigenvalue weighted by atomic mass is 16.5. The van der Waals surface area contributed by atoms with Gasteiger partial charge in [-0.25, -0.2) is 0 Å². The minimum atomic E-state index is 0.293. The summed E-state index contributed by atoms with van der Waals surface area (Å²) in [7, 11) is 1.72. The van der Waals surface area contributed by atoms with Crippen molar-refractivity contribution in [2.45, 2.75) is 31.8 Å². The summed E-state index contributed by atoms with van der Waals surface area (Å²) >= 11 is 0. The summed E-state index contributed by atoms with van der Waals surface area (Å²) < 4.78 is 16.9. The molecule has 5 heteroatoms. The van der Waals surface area contributed by atoms with Crippen molar-refractivity contribution in [3.8, 4) is 5.75 Å². The lowest BCUT2D eigenvalue weighted by atomic mass is 9.87. The Balaban J connectivity index is 1.39. The normalized spacial score (nSPS) is 29.1. The summed E-state index contributed by atoms with van der Waals surface area (Å²) in [6.45, 7) is 9.14. The summed E-state index contributed by atoms with van der Waals surface area (Å²) in [4.78, 5) is 5.30. The number of ether oxygens (including phenoxy) is 3. The molecule has 1 spiro atoms. The molecule has 144 valence electrons. The van der Waals surface area contributed by atoms with Gasteiger partial charge < -0.3 is 14.2 Å². The van der Waals surface area contributed by atoms with Crippen molar-refractivity contribution in [1.29, 1.82) is 0 Å². The number of rotatable bonds is 4. The predicted molar refractivity (Wildman–Crippen MR) is 102 cm³/mol. The first-order chi connectivity index (χ1) is 12.8. The summed E-state index contributed by atoms with van der Waals surface area (Å²) in [6, 6.07) is 9.19. The van der Waals surface area contributed by atoms with Crippen molar-refractivity contribution in [2.75, 3.05) is 59.7 Å². The molecule has 0 unspecified atom stereocenters. The fraction of sp³-hybridized carbons (Fsp3) is 0.714.